The molecule has 0 aromatic heterocycles. The molecule has 0 aromatic carbocycles. The molecule has 2 nitrogen and oxygen atoms in total. The van der Waals surface area contributed by atoms with Crippen LogP contribution in [0.4, 0.5) is 0 Å². The van der Waals surface area contributed by atoms with Crippen LogP contribution in [-0.2, 0) is 0 Å². The van der Waals surface area contributed by atoms with Crippen molar-refractivity contribution < 1.29 is 5.11 Å². The van der Waals surface area contributed by atoms with Gasteiger partial charge in [0.2, 0.25) is 0 Å². The Kier molecular flexibility index (Phi) is 4.29. The van der Waals surface area contributed by atoms with Crippen LogP contribution < -0.4 is 5.32 Å². The molecule has 0 radical (unpaired) electrons. The molecule has 0 heterocycles. The van der Waals surface area contributed by atoms with Gasteiger partial charge in [0, 0.05) is 18.8 Å². The largest absolute Gasteiger partial charge is 0.396 e. The summed E-state index contributed by atoms with van der Waals surface area (Å²) in [5.41, 5.74) is 2.94. The van der Waals surface area contributed by atoms with E-state index in [2.05, 4.69) is 19.2 Å². The molecule has 0 amide bonds. The highest BCUT2D eigenvalue weighted by Crippen LogP contribution is 2.27. The van der Waals surface area contributed by atoms with Crippen LogP contribution in [0.3, 0.4) is 0 Å². The standard InChI is InChI=1S/C11H21NO/c1-9-5-3-6-10(2)11(9)12-7-4-8-13/h9,12-13H,3-8H2,1-2H3. The molecule has 0 spiro atoms. The smallest absolute Gasteiger partial charge is 0.0447 e. The number of aliphatic hydroxyl groups is 1. The molecule has 1 aliphatic carbocycles. The van der Waals surface area contributed by atoms with E-state index in [0.717, 1.165) is 13.0 Å². The highest BCUT2D eigenvalue weighted by atomic mass is 16.3. The van der Waals surface area contributed by atoms with Gasteiger partial charge in [0.15, 0.2) is 0 Å². The van der Waals surface area contributed by atoms with Crippen LogP contribution in [0.1, 0.15) is 39.5 Å². The Morgan fingerprint density at radius 1 is 1.54 bits per heavy atom. The van der Waals surface area contributed by atoms with Crippen LogP contribution >= 0.6 is 0 Å². The Bertz CT molecular complexity index is 187. The maximum atomic E-state index is 8.67. The maximum absolute atomic E-state index is 8.67. The zero-order valence-electron chi connectivity index (χ0n) is 8.77. The molecule has 1 atom stereocenters. The fourth-order valence-corrected chi connectivity index (χ4v) is 2.00. The van der Waals surface area contributed by atoms with Crippen LogP contribution in [0.2, 0.25) is 0 Å². The van der Waals surface area contributed by atoms with Gasteiger partial charge in [-0.05, 0) is 38.5 Å². The van der Waals surface area contributed by atoms with Crippen LogP contribution in [0.25, 0.3) is 0 Å². The molecular weight excluding hydrogens is 162 g/mol. The summed E-state index contributed by atoms with van der Waals surface area (Å²) in [4.78, 5) is 0. The second-order valence-electron chi connectivity index (χ2n) is 3.99. The summed E-state index contributed by atoms with van der Waals surface area (Å²) in [5, 5.41) is 12.1. The highest BCUT2D eigenvalue weighted by Gasteiger charge is 2.15. The van der Waals surface area contributed by atoms with Gasteiger partial charge in [-0.25, -0.2) is 0 Å². The first-order valence-corrected chi connectivity index (χ1v) is 5.30. The average molecular weight is 183 g/mol. The lowest BCUT2D eigenvalue weighted by molar-refractivity contribution is 0.286. The maximum Gasteiger partial charge on any atom is 0.0447 e. The van der Waals surface area contributed by atoms with E-state index in [4.69, 9.17) is 5.11 Å². The van der Waals surface area contributed by atoms with Crippen molar-refractivity contribution in [1.82, 2.24) is 5.32 Å². The van der Waals surface area contributed by atoms with Crippen molar-refractivity contribution in [2.24, 2.45) is 5.92 Å². The molecule has 1 rings (SSSR count). The third kappa shape index (κ3) is 3.03. The molecule has 13 heavy (non-hydrogen) atoms. The fourth-order valence-electron chi connectivity index (χ4n) is 2.00. The minimum Gasteiger partial charge on any atom is -0.396 e. The van der Waals surface area contributed by atoms with E-state index in [0.29, 0.717) is 5.92 Å². The lowest BCUT2D eigenvalue weighted by atomic mass is 9.89. The number of aliphatic hydroxyl groups excluding tert-OH is 1. The van der Waals surface area contributed by atoms with Gasteiger partial charge in [-0.3, -0.25) is 0 Å². The predicted molar refractivity (Wildman–Crippen MR) is 55.4 cm³/mol. The second kappa shape index (κ2) is 5.28. The highest BCUT2D eigenvalue weighted by molar-refractivity contribution is 5.15. The first-order valence-electron chi connectivity index (χ1n) is 5.30. The van der Waals surface area contributed by atoms with Gasteiger partial charge < -0.3 is 10.4 Å². The molecule has 0 fully saturated rings. The zero-order valence-corrected chi connectivity index (χ0v) is 8.77. The number of rotatable bonds is 4. The minimum atomic E-state index is 0.285. The minimum absolute atomic E-state index is 0.285. The molecule has 0 bridgehead atoms. The Labute approximate surface area is 81.0 Å². The van der Waals surface area contributed by atoms with Gasteiger partial charge in [0.05, 0.1) is 0 Å². The second-order valence-corrected chi connectivity index (χ2v) is 3.99. The Morgan fingerprint density at radius 3 is 2.92 bits per heavy atom. The van der Waals surface area contributed by atoms with E-state index < -0.39 is 0 Å². The van der Waals surface area contributed by atoms with E-state index in [1.54, 1.807) is 0 Å². The van der Waals surface area contributed by atoms with Crippen molar-refractivity contribution in [1.29, 1.82) is 0 Å². The zero-order chi connectivity index (χ0) is 9.68. The molecule has 0 aromatic rings. The molecule has 1 unspecified atom stereocenters. The van der Waals surface area contributed by atoms with Gasteiger partial charge in [0.1, 0.15) is 0 Å². The molecule has 1 aliphatic rings. The summed E-state index contributed by atoms with van der Waals surface area (Å²) in [5.74, 6) is 0.687. The summed E-state index contributed by atoms with van der Waals surface area (Å²) >= 11 is 0. The molecule has 0 saturated heterocycles. The lowest BCUT2D eigenvalue weighted by Crippen LogP contribution is -2.24. The third-order valence-electron chi connectivity index (χ3n) is 2.79. The van der Waals surface area contributed by atoms with Crippen molar-refractivity contribution >= 4 is 0 Å². The Morgan fingerprint density at radius 2 is 2.31 bits per heavy atom. The van der Waals surface area contributed by atoms with E-state index >= 15 is 0 Å². The third-order valence-corrected chi connectivity index (χ3v) is 2.79. The summed E-state index contributed by atoms with van der Waals surface area (Å²) in [6.07, 6.45) is 4.73. The summed E-state index contributed by atoms with van der Waals surface area (Å²) in [6, 6.07) is 0. The van der Waals surface area contributed by atoms with Crippen LogP contribution in [-0.4, -0.2) is 18.3 Å². The summed E-state index contributed by atoms with van der Waals surface area (Å²) in [6.45, 7) is 5.70. The first-order chi connectivity index (χ1) is 6.25. The number of allylic oxidation sites excluding steroid dienone is 2. The topological polar surface area (TPSA) is 32.3 Å². The quantitative estimate of drug-likeness (QED) is 0.654. The molecule has 2 N–H and O–H groups in total. The van der Waals surface area contributed by atoms with Gasteiger partial charge in [-0.2, -0.15) is 0 Å². The van der Waals surface area contributed by atoms with Crippen LogP contribution in [0.5, 0.6) is 0 Å². The van der Waals surface area contributed by atoms with Crippen molar-refractivity contribution in [3.05, 3.63) is 11.3 Å². The average Bonchev–Trinajstić information content (AvgIpc) is 2.10. The monoisotopic (exact) mass is 183 g/mol. The van der Waals surface area contributed by atoms with Crippen molar-refractivity contribution in [2.45, 2.75) is 39.5 Å². The van der Waals surface area contributed by atoms with E-state index in [-0.39, 0.29) is 6.61 Å². The number of hydrogen-bond acceptors (Lipinski definition) is 2. The van der Waals surface area contributed by atoms with Gasteiger partial charge in [0.25, 0.3) is 0 Å². The van der Waals surface area contributed by atoms with Gasteiger partial charge in [-0.15, -0.1) is 0 Å². The lowest BCUT2D eigenvalue weighted by Gasteiger charge is -2.25. The fraction of sp³-hybridized carbons (Fsp3) is 0.818. The molecular formula is C11H21NO. The predicted octanol–water partition coefficient (Wildman–Crippen LogP) is 2.05. The van der Waals surface area contributed by atoms with Crippen molar-refractivity contribution in [2.75, 3.05) is 13.2 Å². The van der Waals surface area contributed by atoms with Gasteiger partial charge in [-0.1, -0.05) is 12.5 Å². The summed E-state index contributed by atoms with van der Waals surface area (Å²) in [7, 11) is 0. The normalized spacial score (nSPS) is 23.5. The number of hydrogen-bond donors (Lipinski definition) is 2. The van der Waals surface area contributed by atoms with E-state index in [9.17, 15) is 0 Å². The summed E-state index contributed by atoms with van der Waals surface area (Å²) < 4.78 is 0. The molecule has 0 saturated carbocycles. The molecule has 0 aliphatic heterocycles. The Balaban J connectivity index is 2.43. The SMILES string of the molecule is CC1=C(NCCCO)C(C)CCC1. The van der Waals surface area contributed by atoms with Gasteiger partial charge >= 0.3 is 0 Å². The van der Waals surface area contributed by atoms with E-state index in [1.807, 2.05) is 0 Å². The van der Waals surface area contributed by atoms with Crippen LogP contribution in [0, 0.1) is 5.92 Å². The van der Waals surface area contributed by atoms with Crippen LogP contribution in [0.15, 0.2) is 11.3 Å². The van der Waals surface area contributed by atoms with Crippen molar-refractivity contribution in [3.8, 4) is 0 Å². The van der Waals surface area contributed by atoms with Crippen molar-refractivity contribution in [3.63, 3.8) is 0 Å². The number of nitrogens with one attached hydrogen (secondary N) is 1. The Hall–Kier alpha value is -0.500. The van der Waals surface area contributed by atoms with E-state index in [1.165, 1.54) is 30.5 Å². The molecule has 76 valence electrons. The first kappa shape index (κ1) is 10.6. The molecule has 2 heteroatoms.